The van der Waals surface area contributed by atoms with Crippen LogP contribution in [-0.2, 0) is 17.9 Å². The number of methoxy groups -OCH3 is 1. The van der Waals surface area contributed by atoms with Gasteiger partial charge in [0, 0.05) is 24.0 Å². The molecule has 0 spiro atoms. The maximum absolute atomic E-state index is 12.8. The average Bonchev–Trinajstić information content (AvgIpc) is 3.38. The molecule has 168 valence electrons. The van der Waals surface area contributed by atoms with Gasteiger partial charge in [-0.05, 0) is 54.3 Å². The maximum Gasteiger partial charge on any atom is 0.246 e. The first-order valence-corrected chi connectivity index (χ1v) is 11.5. The minimum atomic E-state index is -0.0931. The van der Waals surface area contributed by atoms with E-state index >= 15 is 0 Å². The number of hydrogen-bond donors (Lipinski definition) is 0. The van der Waals surface area contributed by atoms with Crippen LogP contribution < -0.4 is 9.47 Å². The molecule has 1 amide bonds. The predicted molar refractivity (Wildman–Crippen MR) is 131 cm³/mol. The summed E-state index contributed by atoms with van der Waals surface area (Å²) in [6.07, 6.45) is 4.91. The molecule has 7 heteroatoms. The van der Waals surface area contributed by atoms with Crippen LogP contribution in [0.2, 0.25) is 0 Å². The van der Waals surface area contributed by atoms with E-state index in [1.54, 1.807) is 35.6 Å². The SMILES string of the molecule is CCN(Cc1ccc(OCc2cccs2)c(OC)c1)C(=O)/C=C/c1cnc2ccccc2n1. The summed E-state index contributed by atoms with van der Waals surface area (Å²) in [7, 11) is 1.62. The van der Waals surface area contributed by atoms with Crippen molar-refractivity contribution in [2.45, 2.75) is 20.1 Å². The van der Waals surface area contributed by atoms with Crippen molar-refractivity contribution in [2.24, 2.45) is 0 Å². The second kappa shape index (κ2) is 10.7. The third-order valence-electron chi connectivity index (χ3n) is 5.11. The number of thiophene rings is 1. The number of nitrogens with zero attached hydrogens (tertiary/aromatic N) is 3. The zero-order valence-corrected chi connectivity index (χ0v) is 19.4. The minimum Gasteiger partial charge on any atom is -0.493 e. The van der Waals surface area contributed by atoms with Crippen molar-refractivity contribution < 1.29 is 14.3 Å². The number of ether oxygens (including phenoxy) is 2. The second-order valence-electron chi connectivity index (χ2n) is 7.32. The molecular weight excluding hydrogens is 434 g/mol. The normalized spacial score (nSPS) is 11.1. The number of rotatable bonds is 9. The Morgan fingerprint density at radius 3 is 2.70 bits per heavy atom. The molecule has 6 nitrogen and oxygen atoms in total. The molecule has 0 unspecified atom stereocenters. The Balaban J connectivity index is 1.42. The van der Waals surface area contributed by atoms with Gasteiger partial charge in [-0.15, -0.1) is 11.3 Å². The molecule has 0 fully saturated rings. The third-order valence-corrected chi connectivity index (χ3v) is 5.96. The topological polar surface area (TPSA) is 64.6 Å². The van der Waals surface area contributed by atoms with Crippen LogP contribution in [0.1, 0.15) is 23.1 Å². The van der Waals surface area contributed by atoms with Gasteiger partial charge < -0.3 is 14.4 Å². The fourth-order valence-electron chi connectivity index (χ4n) is 3.35. The average molecular weight is 460 g/mol. The van der Waals surface area contributed by atoms with E-state index in [1.807, 2.05) is 66.9 Å². The molecule has 33 heavy (non-hydrogen) atoms. The highest BCUT2D eigenvalue weighted by Crippen LogP contribution is 2.29. The quantitative estimate of drug-likeness (QED) is 0.316. The lowest BCUT2D eigenvalue weighted by molar-refractivity contribution is -0.126. The molecule has 0 aliphatic carbocycles. The van der Waals surface area contributed by atoms with Gasteiger partial charge in [0.25, 0.3) is 0 Å². The smallest absolute Gasteiger partial charge is 0.246 e. The summed E-state index contributed by atoms with van der Waals surface area (Å²) in [5.74, 6) is 1.23. The molecule has 4 aromatic rings. The van der Waals surface area contributed by atoms with Crippen LogP contribution >= 0.6 is 11.3 Å². The van der Waals surface area contributed by atoms with E-state index < -0.39 is 0 Å². The van der Waals surface area contributed by atoms with Crippen LogP contribution in [0, 0.1) is 0 Å². The molecule has 0 N–H and O–H groups in total. The Morgan fingerprint density at radius 1 is 1.09 bits per heavy atom. The number of amides is 1. The Morgan fingerprint density at radius 2 is 1.94 bits per heavy atom. The molecule has 2 heterocycles. The van der Waals surface area contributed by atoms with Gasteiger partial charge in [0.15, 0.2) is 11.5 Å². The number of aromatic nitrogens is 2. The molecule has 0 aliphatic heterocycles. The Labute approximate surface area is 197 Å². The summed E-state index contributed by atoms with van der Waals surface area (Å²) in [5.41, 5.74) is 3.23. The summed E-state index contributed by atoms with van der Waals surface area (Å²) < 4.78 is 11.4. The molecule has 0 saturated heterocycles. The van der Waals surface area contributed by atoms with Gasteiger partial charge in [-0.1, -0.05) is 24.3 Å². The van der Waals surface area contributed by atoms with Crippen molar-refractivity contribution in [1.82, 2.24) is 14.9 Å². The zero-order chi connectivity index (χ0) is 23.0. The van der Waals surface area contributed by atoms with Crippen molar-refractivity contribution in [1.29, 1.82) is 0 Å². The molecule has 0 radical (unpaired) electrons. The summed E-state index contributed by atoms with van der Waals surface area (Å²) in [6, 6.07) is 17.5. The molecule has 2 aromatic carbocycles. The van der Waals surface area contributed by atoms with Crippen molar-refractivity contribution in [3.05, 3.63) is 88.4 Å². The Bertz CT molecular complexity index is 1250. The fourth-order valence-corrected chi connectivity index (χ4v) is 3.97. The number of carbonyl (C=O) groups excluding carboxylic acids is 1. The van der Waals surface area contributed by atoms with E-state index in [1.165, 1.54) is 6.08 Å². The lowest BCUT2D eigenvalue weighted by Crippen LogP contribution is -2.28. The monoisotopic (exact) mass is 459 g/mol. The van der Waals surface area contributed by atoms with Crippen molar-refractivity contribution >= 4 is 34.4 Å². The molecule has 0 saturated carbocycles. The van der Waals surface area contributed by atoms with Crippen LogP contribution in [0.5, 0.6) is 11.5 Å². The van der Waals surface area contributed by atoms with Gasteiger partial charge in [0.2, 0.25) is 5.91 Å². The highest BCUT2D eigenvalue weighted by molar-refractivity contribution is 7.09. The molecule has 0 atom stereocenters. The van der Waals surface area contributed by atoms with E-state index in [4.69, 9.17) is 9.47 Å². The number of para-hydroxylation sites is 2. The van der Waals surface area contributed by atoms with Crippen molar-refractivity contribution in [2.75, 3.05) is 13.7 Å². The lowest BCUT2D eigenvalue weighted by atomic mass is 10.2. The number of fused-ring (bicyclic) bond motifs is 1. The molecule has 4 rings (SSSR count). The third kappa shape index (κ3) is 5.75. The van der Waals surface area contributed by atoms with Gasteiger partial charge in [0.1, 0.15) is 6.61 Å². The number of benzene rings is 2. The Kier molecular flexibility index (Phi) is 7.32. The predicted octanol–water partition coefficient (Wildman–Crippen LogP) is 5.34. The van der Waals surface area contributed by atoms with E-state index in [0.29, 0.717) is 36.9 Å². The van der Waals surface area contributed by atoms with Gasteiger partial charge in [0.05, 0.1) is 30.0 Å². The van der Waals surface area contributed by atoms with Crippen LogP contribution in [0.15, 0.2) is 72.3 Å². The van der Waals surface area contributed by atoms with E-state index in [9.17, 15) is 4.79 Å². The van der Waals surface area contributed by atoms with Gasteiger partial charge in [-0.2, -0.15) is 0 Å². The van der Waals surface area contributed by atoms with E-state index in [0.717, 1.165) is 21.5 Å². The fraction of sp³-hybridized carbons (Fsp3) is 0.192. The number of carbonyl (C=O) groups is 1. The standard InChI is InChI=1S/C26H25N3O3S/c1-3-29(26(30)13-11-20-16-27-22-8-4-5-9-23(22)28-20)17-19-10-12-24(25(15-19)31-2)32-18-21-7-6-14-33-21/h4-16H,3,17-18H2,1-2H3/b13-11+. The second-order valence-corrected chi connectivity index (χ2v) is 8.35. The molecule has 2 aromatic heterocycles. The van der Waals surface area contributed by atoms with E-state index in [-0.39, 0.29) is 5.91 Å². The van der Waals surface area contributed by atoms with Gasteiger partial charge in [-0.3, -0.25) is 9.78 Å². The van der Waals surface area contributed by atoms with Crippen LogP contribution in [0.3, 0.4) is 0 Å². The van der Waals surface area contributed by atoms with Gasteiger partial charge in [-0.25, -0.2) is 4.98 Å². The lowest BCUT2D eigenvalue weighted by Gasteiger charge is -2.20. The molecule has 0 aliphatic rings. The minimum absolute atomic E-state index is 0.0931. The summed E-state index contributed by atoms with van der Waals surface area (Å²) in [5, 5.41) is 2.02. The van der Waals surface area contributed by atoms with Crippen molar-refractivity contribution in [3.63, 3.8) is 0 Å². The van der Waals surface area contributed by atoms with Crippen LogP contribution in [0.25, 0.3) is 17.1 Å². The van der Waals surface area contributed by atoms with Crippen molar-refractivity contribution in [3.8, 4) is 11.5 Å². The highest BCUT2D eigenvalue weighted by atomic mass is 32.1. The largest absolute Gasteiger partial charge is 0.493 e. The summed E-state index contributed by atoms with van der Waals surface area (Å²) in [4.78, 5) is 24.6. The summed E-state index contributed by atoms with van der Waals surface area (Å²) >= 11 is 1.65. The number of hydrogen-bond acceptors (Lipinski definition) is 6. The zero-order valence-electron chi connectivity index (χ0n) is 18.6. The summed E-state index contributed by atoms with van der Waals surface area (Å²) in [6.45, 7) is 3.49. The Hall–Kier alpha value is -3.71. The maximum atomic E-state index is 12.8. The first kappa shape index (κ1) is 22.5. The first-order valence-electron chi connectivity index (χ1n) is 10.7. The molecular formula is C26H25N3O3S. The highest BCUT2D eigenvalue weighted by Gasteiger charge is 2.12. The van der Waals surface area contributed by atoms with Gasteiger partial charge >= 0.3 is 0 Å². The first-order chi connectivity index (χ1) is 16.2. The van der Waals surface area contributed by atoms with Crippen LogP contribution in [-0.4, -0.2) is 34.4 Å². The number of likely N-dealkylation sites (N-methyl/N-ethyl adjacent to an activating group) is 1. The van der Waals surface area contributed by atoms with Crippen LogP contribution in [0.4, 0.5) is 0 Å². The molecule has 0 bridgehead atoms. The van der Waals surface area contributed by atoms with E-state index in [2.05, 4.69) is 9.97 Å².